The number of aliphatic hydroxyl groups is 1. The molecule has 2 heteroatoms. The van der Waals surface area contributed by atoms with Crippen LogP contribution in [0.15, 0.2) is 0 Å². The minimum atomic E-state index is -0.736. The molecular weight excluding hydrogens is 188 g/mol. The molecule has 0 aromatic rings. The molecule has 0 aromatic carbocycles. The standard InChI is InChI=1S/C13H26O2/c1-5-10(6-2)9-12(14)13(15)11(7-3)8-4/h10-11,13,15H,5-9H2,1-4H3. The first-order chi connectivity index (χ1) is 7.10. The fraction of sp³-hybridized carbons (Fsp3) is 0.923. The summed E-state index contributed by atoms with van der Waals surface area (Å²) in [7, 11) is 0. The predicted molar refractivity (Wildman–Crippen MR) is 63.8 cm³/mol. The lowest BCUT2D eigenvalue weighted by Crippen LogP contribution is -2.30. The molecule has 1 N–H and O–H groups in total. The van der Waals surface area contributed by atoms with Gasteiger partial charge in [0.15, 0.2) is 5.78 Å². The molecule has 90 valence electrons. The summed E-state index contributed by atoms with van der Waals surface area (Å²) in [4.78, 5) is 11.8. The van der Waals surface area contributed by atoms with E-state index >= 15 is 0 Å². The van der Waals surface area contributed by atoms with E-state index in [1.54, 1.807) is 0 Å². The summed E-state index contributed by atoms with van der Waals surface area (Å²) in [5.74, 6) is 0.630. The van der Waals surface area contributed by atoms with E-state index in [2.05, 4.69) is 13.8 Å². The average molecular weight is 214 g/mol. The van der Waals surface area contributed by atoms with Crippen LogP contribution in [0.1, 0.15) is 59.8 Å². The maximum absolute atomic E-state index is 11.8. The zero-order chi connectivity index (χ0) is 11.8. The normalized spacial score (nSPS) is 13.5. The fourth-order valence-electron chi connectivity index (χ4n) is 1.98. The summed E-state index contributed by atoms with van der Waals surface area (Å²) in [6.45, 7) is 8.26. The highest BCUT2D eigenvalue weighted by atomic mass is 16.3. The van der Waals surface area contributed by atoms with Crippen LogP contribution in [0, 0.1) is 11.8 Å². The van der Waals surface area contributed by atoms with E-state index in [9.17, 15) is 9.90 Å². The van der Waals surface area contributed by atoms with E-state index in [1.807, 2.05) is 13.8 Å². The Morgan fingerprint density at radius 2 is 1.47 bits per heavy atom. The second kappa shape index (κ2) is 7.86. The summed E-state index contributed by atoms with van der Waals surface area (Å²) < 4.78 is 0. The van der Waals surface area contributed by atoms with E-state index in [0.717, 1.165) is 25.7 Å². The number of rotatable bonds is 8. The molecule has 0 fully saturated rings. The molecule has 1 unspecified atom stereocenters. The van der Waals surface area contributed by atoms with Gasteiger partial charge < -0.3 is 5.11 Å². The lowest BCUT2D eigenvalue weighted by Gasteiger charge is -2.20. The van der Waals surface area contributed by atoms with Crippen LogP contribution in [0.3, 0.4) is 0 Å². The topological polar surface area (TPSA) is 37.3 Å². The number of hydrogen-bond acceptors (Lipinski definition) is 2. The number of aliphatic hydroxyl groups excluding tert-OH is 1. The minimum absolute atomic E-state index is 0.0393. The van der Waals surface area contributed by atoms with Crippen molar-refractivity contribution in [3.8, 4) is 0 Å². The van der Waals surface area contributed by atoms with E-state index in [1.165, 1.54) is 0 Å². The molecule has 1 atom stereocenters. The first kappa shape index (κ1) is 14.6. The Morgan fingerprint density at radius 1 is 1.00 bits per heavy atom. The molecule has 0 aliphatic carbocycles. The van der Waals surface area contributed by atoms with Gasteiger partial charge in [-0.15, -0.1) is 0 Å². The predicted octanol–water partition coefficient (Wildman–Crippen LogP) is 3.18. The summed E-state index contributed by atoms with van der Waals surface area (Å²) in [5, 5.41) is 9.87. The van der Waals surface area contributed by atoms with Crippen molar-refractivity contribution in [1.29, 1.82) is 0 Å². The smallest absolute Gasteiger partial charge is 0.161 e. The summed E-state index contributed by atoms with van der Waals surface area (Å²) >= 11 is 0. The van der Waals surface area contributed by atoms with Gasteiger partial charge in [0, 0.05) is 6.42 Å². The Balaban J connectivity index is 4.18. The second-order valence-corrected chi connectivity index (χ2v) is 4.37. The van der Waals surface area contributed by atoms with Crippen molar-refractivity contribution in [2.24, 2.45) is 11.8 Å². The SMILES string of the molecule is CCC(CC)CC(=O)C(O)C(CC)CC. The van der Waals surface area contributed by atoms with E-state index in [-0.39, 0.29) is 11.7 Å². The Hall–Kier alpha value is -0.370. The van der Waals surface area contributed by atoms with Crippen molar-refractivity contribution < 1.29 is 9.90 Å². The van der Waals surface area contributed by atoms with Crippen molar-refractivity contribution in [2.75, 3.05) is 0 Å². The van der Waals surface area contributed by atoms with Gasteiger partial charge in [-0.1, -0.05) is 53.4 Å². The molecule has 0 aliphatic rings. The third-order valence-corrected chi connectivity index (χ3v) is 3.47. The van der Waals surface area contributed by atoms with Gasteiger partial charge in [0.1, 0.15) is 6.10 Å². The van der Waals surface area contributed by atoms with Crippen molar-refractivity contribution in [1.82, 2.24) is 0 Å². The molecule has 0 rings (SSSR count). The molecule has 0 saturated heterocycles. The van der Waals surface area contributed by atoms with E-state index < -0.39 is 6.10 Å². The van der Waals surface area contributed by atoms with Gasteiger partial charge in [0.05, 0.1) is 0 Å². The van der Waals surface area contributed by atoms with Crippen LogP contribution in [0.2, 0.25) is 0 Å². The summed E-state index contributed by atoms with van der Waals surface area (Å²) in [6, 6.07) is 0. The monoisotopic (exact) mass is 214 g/mol. The van der Waals surface area contributed by atoms with Crippen LogP contribution in [-0.4, -0.2) is 17.0 Å². The van der Waals surface area contributed by atoms with Crippen molar-refractivity contribution in [3.63, 3.8) is 0 Å². The van der Waals surface area contributed by atoms with Gasteiger partial charge in [-0.3, -0.25) is 4.79 Å². The highest BCUT2D eigenvalue weighted by molar-refractivity contribution is 5.83. The van der Waals surface area contributed by atoms with Crippen LogP contribution >= 0.6 is 0 Å². The zero-order valence-corrected chi connectivity index (χ0v) is 10.6. The van der Waals surface area contributed by atoms with E-state index in [4.69, 9.17) is 0 Å². The maximum Gasteiger partial charge on any atom is 0.161 e. The van der Waals surface area contributed by atoms with Gasteiger partial charge in [0.2, 0.25) is 0 Å². The van der Waals surface area contributed by atoms with Crippen molar-refractivity contribution in [3.05, 3.63) is 0 Å². The number of Topliss-reactive ketones (excluding diaryl/α,β-unsaturated/α-hetero) is 1. The third-order valence-electron chi connectivity index (χ3n) is 3.47. The van der Waals surface area contributed by atoms with E-state index in [0.29, 0.717) is 12.3 Å². The molecule has 0 aliphatic heterocycles. The molecule has 0 spiro atoms. The quantitative estimate of drug-likeness (QED) is 0.674. The highest BCUT2D eigenvalue weighted by Gasteiger charge is 2.24. The number of carbonyl (C=O) groups is 1. The Bertz CT molecular complexity index is 169. The Labute approximate surface area is 94.1 Å². The van der Waals surface area contributed by atoms with Gasteiger partial charge in [-0.05, 0) is 11.8 Å². The largest absolute Gasteiger partial charge is 0.385 e. The van der Waals surface area contributed by atoms with Gasteiger partial charge in [0.25, 0.3) is 0 Å². The number of carbonyl (C=O) groups excluding carboxylic acids is 1. The van der Waals surface area contributed by atoms with Gasteiger partial charge in [-0.25, -0.2) is 0 Å². The average Bonchev–Trinajstić information content (AvgIpc) is 2.26. The summed E-state index contributed by atoms with van der Waals surface area (Å²) in [6.07, 6.45) is 3.62. The van der Waals surface area contributed by atoms with Crippen molar-refractivity contribution in [2.45, 2.75) is 65.9 Å². The molecule has 2 nitrogen and oxygen atoms in total. The Kier molecular flexibility index (Phi) is 7.67. The lowest BCUT2D eigenvalue weighted by molar-refractivity contribution is -0.131. The lowest BCUT2D eigenvalue weighted by atomic mass is 9.88. The van der Waals surface area contributed by atoms with Crippen LogP contribution in [0.5, 0.6) is 0 Å². The van der Waals surface area contributed by atoms with Crippen molar-refractivity contribution >= 4 is 5.78 Å². The fourth-order valence-corrected chi connectivity index (χ4v) is 1.98. The molecule has 0 saturated carbocycles. The second-order valence-electron chi connectivity index (χ2n) is 4.37. The molecular formula is C13H26O2. The minimum Gasteiger partial charge on any atom is -0.385 e. The van der Waals surface area contributed by atoms with Crippen LogP contribution in [-0.2, 0) is 4.79 Å². The third kappa shape index (κ3) is 4.78. The first-order valence-corrected chi connectivity index (χ1v) is 6.31. The molecule has 0 amide bonds. The number of hydrogen-bond donors (Lipinski definition) is 1. The van der Waals surface area contributed by atoms with Crippen LogP contribution < -0.4 is 0 Å². The van der Waals surface area contributed by atoms with Gasteiger partial charge >= 0.3 is 0 Å². The van der Waals surface area contributed by atoms with Gasteiger partial charge in [-0.2, -0.15) is 0 Å². The Morgan fingerprint density at radius 3 is 1.80 bits per heavy atom. The summed E-state index contributed by atoms with van der Waals surface area (Å²) in [5.41, 5.74) is 0. The van der Waals surface area contributed by atoms with Crippen LogP contribution in [0.4, 0.5) is 0 Å². The molecule has 0 aromatic heterocycles. The molecule has 0 bridgehead atoms. The molecule has 0 radical (unpaired) electrons. The molecule has 15 heavy (non-hydrogen) atoms. The highest BCUT2D eigenvalue weighted by Crippen LogP contribution is 2.19. The van der Waals surface area contributed by atoms with Crippen LogP contribution in [0.25, 0.3) is 0 Å². The number of ketones is 1. The molecule has 0 heterocycles. The first-order valence-electron chi connectivity index (χ1n) is 6.31. The zero-order valence-electron chi connectivity index (χ0n) is 10.6. The maximum atomic E-state index is 11.8.